The number of benzene rings is 1. The van der Waals surface area contributed by atoms with Crippen LogP contribution in [-0.4, -0.2) is 29.8 Å². The molecular formula is C19H23FN4O3. The van der Waals surface area contributed by atoms with Crippen molar-refractivity contribution < 1.29 is 14.3 Å². The Hall–Kier alpha value is -2.90. The van der Waals surface area contributed by atoms with E-state index in [4.69, 9.17) is 0 Å². The number of hydrogen-bond donors (Lipinski definition) is 1. The molecule has 0 fully saturated rings. The minimum atomic E-state index is -1.36. The zero-order valence-electron chi connectivity index (χ0n) is 15.6. The number of carbonyl (C=O) groups is 1. The Morgan fingerprint density at radius 2 is 1.96 bits per heavy atom. The molecule has 0 amide bonds. The van der Waals surface area contributed by atoms with Crippen molar-refractivity contribution in [3.05, 3.63) is 52.2 Å². The molecule has 7 nitrogen and oxygen atoms in total. The quantitative estimate of drug-likeness (QED) is 0.688. The van der Waals surface area contributed by atoms with Gasteiger partial charge in [-0.25, -0.2) is 19.0 Å². The number of hydrogen-bond acceptors (Lipinski definition) is 3. The molecule has 0 radical (unpaired) electrons. The Labute approximate surface area is 155 Å². The van der Waals surface area contributed by atoms with Gasteiger partial charge in [-0.2, -0.15) is 0 Å². The van der Waals surface area contributed by atoms with E-state index in [-0.39, 0.29) is 23.8 Å². The number of fused-ring (bicyclic) bond motifs is 1. The second-order valence-corrected chi connectivity index (χ2v) is 6.48. The van der Waals surface area contributed by atoms with Crippen LogP contribution in [0.25, 0.3) is 11.0 Å². The van der Waals surface area contributed by atoms with Gasteiger partial charge in [-0.3, -0.25) is 9.13 Å². The van der Waals surface area contributed by atoms with E-state index in [1.165, 1.54) is 16.7 Å². The number of rotatable bonds is 7. The maximum atomic E-state index is 15.1. The molecule has 2 aromatic heterocycles. The van der Waals surface area contributed by atoms with Gasteiger partial charge in [0.1, 0.15) is 5.52 Å². The van der Waals surface area contributed by atoms with Gasteiger partial charge in [0.15, 0.2) is 5.82 Å². The van der Waals surface area contributed by atoms with Crippen molar-refractivity contribution in [1.29, 1.82) is 0 Å². The minimum Gasteiger partial charge on any atom is -0.478 e. The van der Waals surface area contributed by atoms with E-state index in [0.29, 0.717) is 24.9 Å². The van der Waals surface area contributed by atoms with Gasteiger partial charge in [-0.05, 0) is 31.9 Å². The van der Waals surface area contributed by atoms with Crippen LogP contribution in [0.15, 0.2) is 29.5 Å². The predicted molar refractivity (Wildman–Crippen MR) is 99.7 cm³/mol. The molecule has 27 heavy (non-hydrogen) atoms. The van der Waals surface area contributed by atoms with Crippen LogP contribution in [0.5, 0.6) is 0 Å². The number of carboxylic acid groups (broad SMARTS) is 1. The second-order valence-electron chi connectivity index (χ2n) is 6.48. The summed E-state index contributed by atoms with van der Waals surface area (Å²) in [5.74, 6) is -2.24. The van der Waals surface area contributed by atoms with E-state index < -0.39 is 17.3 Å². The fraction of sp³-hybridized carbons (Fsp3) is 0.421. The Balaban J connectivity index is 2.33. The third-order valence-corrected chi connectivity index (χ3v) is 5.06. The van der Waals surface area contributed by atoms with E-state index in [2.05, 4.69) is 4.98 Å². The van der Waals surface area contributed by atoms with Crippen molar-refractivity contribution in [2.24, 2.45) is 0 Å². The van der Waals surface area contributed by atoms with Crippen LogP contribution in [0.4, 0.5) is 4.39 Å². The summed E-state index contributed by atoms with van der Waals surface area (Å²) in [4.78, 5) is 28.7. The normalized spacial score (nSPS) is 11.6. The molecule has 144 valence electrons. The molecule has 2 heterocycles. The maximum absolute atomic E-state index is 15.1. The van der Waals surface area contributed by atoms with Crippen LogP contribution in [0.3, 0.4) is 0 Å². The van der Waals surface area contributed by atoms with Crippen LogP contribution in [0, 0.1) is 5.82 Å². The van der Waals surface area contributed by atoms with Crippen molar-refractivity contribution in [1.82, 2.24) is 18.7 Å². The number of nitrogens with zero attached hydrogens (tertiary/aromatic N) is 4. The first-order chi connectivity index (χ1) is 12.9. The molecule has 0 atom stereocenters. The summed E-state index contributed by atoms with van der Waals surface area (Å²) < 4.78 is 19.8. The number of imidazole rings is 2. The molecule has 0 aliphatic rings. The summed E-state index contributed by atoms with van der Waals surface area (Å²) in [5.41, 5.74) is 0.406. The number of aromatic carboxylic acids is 1. The van der Waals surface area contributed by atoms with Gasteiger partial charge in [0.25, 0.3) is 0 Å². The Morgan fingerprint density at radius 1 is 1.26 bits per heavy atom. The molecule has 1 aromatic carbocycles. The smallest absolute Gasteiger partial charge is 0.338 e. The summed E-state index contributed by atoms with van der Waals surface area (Å²) in [7, 11) is 0. The molecule has 0 saturated heterocycles. The van der Waals surface area contributed by atoms with Gasteiger partial charge in [-0.1, -0.05) is 13.8 Å². The topological polar surface area (TPSA) is 82.0 Å². The zero-order valence-corrected chi connectivity index (χ0v) is 15.6. The van der Waals surface area contributed by atoms with Crippen molar-refractivity contribution in [2.45, 2.75) is 52.7 Å². The lowest BCUT2D eigenvalue weighted by Gasteiger charge is -2.14. The van der Waals surface area contributed by atoms with Gasteiger partial charge >= 0.3 is 11.7 Å². The highest BCUT2D eigenvalue weighted by atomic mass is 19.1. The van der Waals surface area contributed by atoms with Crippen molar-refractivity contribution in [2.75, 3.05) is 0 Å². The molecule has 0 aliphatic heterocycles. The van der Waals surface area contributed by atoms with E-state index in [1.807, 2.05) is 25.3 Å². The summed E-state index contributed by atoms with van der Waals surface area (Å²) >= 11 is 0. The average molecular weight is 374 g/mol. The first kappa shape index (κ1) is 18.9. The van der Waals surface area contributed by atoms with Crippen LogP contribution < -0.4 is 5.69 Å². The molecule has 0 unspecified atom stereocenters. The molecule has 8 heteroatoms. The molecular weight excluding hydrogens is 351 g/mol. The van der Waals surface area contributed by atoms with Crippen molar-refractivity contribution in [3.8, 4) is 0 Å². The Morgan fingerprint density at radius 3 is 2.56 bits per heavy atom. The third kappa shape index (κ3) is 3.05. The lowest BCUT2D eigenvalue weighted by atomic mass is 10.1. The fourth-order valence-electron chi connectivity index (χ4n) is 3.58. The molecule has 1 N–H and O–H groups in total. The maximum Gasteiger partial charge on any atom is 0.338 e. The first-order valence-corrected chi connectivity index (χ1v) is 9.09. The molecule has 0 saturated carbocycles. The van der Waals surface area contributed by atoms with Crippen LogP contribution in [-0.2, 0) is 13.1 Å². The SMILES string of the molecule is CCC(CC)n1c(=O)n(Cc2cncn2CC)c2c(F)c(C(=O)O)ccc21. The van der Waals surface area contributed by atoms with Crippen LogP contribution >= 0.6 is 0 Å². The number of carboxylic acids is 1. The second kappa shape index (κ2) is 7.38. The van der Waals surface area contributed by atoms with E-state index in [1.54, 1.807) is 17.1 Å². The first-order valence-electron chi connectivity index (χ1n) is 9.09. The standard InChI is InChI=1S/C19H23FN4O3/c1-4-12(5-2)24-15-8-7-14(18(25)26)16(20)17(15)23(19(24)27)10-13-9-21-11-22(13)6-3/h7-9,11-12H,4-6,10H2,1-3H3,(H,25,26). The predicted octanol–water partition coefficient (Wildman–Crippen LogP) is 3.27. The number of halogens is 1. The molecule has 0 bridgehead atoms. The van der Waals surface area contributed by atoms with Gasteiger partial charge in [0.05, 0.1) is 29.6 Å². The summed E-state index contributed by atoms with van der Waals surface area (Å²) in [6, 6.07) is 2.65. The highest BCUT2D eigenvalue weighted by Crippen LogP contribution is 2.26. The number of aryl methyl sites for hydroxylation is 1. The summed E-state index contributed by atoms with van der Waals surface area (Å²) in [6.07, 6.45) is 4.71. The largest absolute Gasteiger partial charge is 0.478 e. The van der Waals surface area contributed by atoms with E-state index >= 15 is 4.39 Å². The summed E-state index contributed by atoms with van der Waals surface area (Å²) in [6.45, 7) is 6.68. The average Bonchev–Trinajstić information content (AvgIpc) is 3.21. The summed E-state index contributed by atoms with van der Waals surface area (Å²) in [5, 5.41) is 9.28. The fourth-order valence-corrected chi connectivity index (χ4v) is 3.58. The monoisotopic (exact) mass is 374 g/mol. The molecule has 3 aromatic rings. The number of aromatic nitrogens is 4. The van der Waals surface area contributed by atoms with Crippen LogP contribution in [0.1, 0.15) is 55.7 Å². The van der Waals surface area contributed by atoms with Crippen molar-refractivity contribution in [3.63, 3.8) is 0 Å². The highest BCUT2D eigenvalue weighted by molar-refractivity contribution is 5.93. The van der Waals surface area contributed by atoms with Gasteiger partial charge in [-0.15, -0.1) is 0 Å². The van der Waals surface area contributed by atoms with Crippen molar-refractivity contribution >= 4 is 17.0 Å². The van der Waals surface area contributed by atoms with Crippen LogP contribution in [0.2, 0.25) is 0 Å². The van der Waals surface area contributed by atoms with Gasteiger partial charge < -0.3 is 9.67 Å². The van der Waals surface area contributed by atoms with Gasteiger partial charge in [0, 0.05) is 18.8 Å². The lowest BCUT2D eigenvalue weighted by molar-refractivity contribution is 0.0692. The highest BCUT2D eigenvalue weighted by Gasteiger charge is 2.24. The van der Waals surface area contributed by atoms with Gasteiger partial charge in [0.2, 0.25) is 0 Å². The third-order valence-electron chi connectivity index (χ3n) is 5.06. The lowest BCUT2D eigenvalue weighted by Crippen LogP contribution is -2.28. The molecule has 0 aliphatic carbocycles. The molecule has 3 rings (SSSR count). The minimum absolute atomic E-state index is 0.0238. The Bertz CT molecular complexity index is 1040. The Kier molecular flexibility index (Phi) is 5.16. The van der Waals surface area contributed by atoms with E-state index in [9.17, 15) is 14.7 Å². The zero-order chi connectivity index (χ0) is 19.7. The van der Waals surface area contributed by atoms with E-state index in [0.717, 1.165) is 5.69 Å². The molecule has 0 spiro atoms.